The molecule has 4 nitrogen and oxygen atoms in total. The summed E-state index contributed by atoms with van der Waals surface area (Å²) in [4.78, 5) is 10.2. The first kappa shape index (κ1) is 13.5. The molecule has 0 radical (unpaired) electrons. The number of hydrogen-bond donors (Lipinski definition) is 0. The van der Waals surface area contributed by atoms with Gasteiger partial charge in [0.25, 0.3) is 0 Å². The molecule has 0 aliphatic carbocycles. The van der Waals surface area contributed by atoms with E-state index in [0.29, 0.717) is 12.6 Å². The smallest absolute Gasteiger partial charge is 0.131 e. The molecule has 0 N–H and O–H groups in total. The number of hydrogen-bond acceptors (Lipinski definition) is 4. The molecular formula is C11H21N3OS. The van der Waals surface area contributed by atoms with Crippen LogP contribution < -0.4 is 0 Å². The van der Waals surface area contributed by atoms with E-state index < -0.39 is 0 Å². The molecule has 1 aliphatic heterocycles. The monoisotopic (exact) mass is 243 g/mol. The maximum absolute atomic E-state index is 5.90. The largest absolute Gasteiger partial charge is 0.354 e. The van der Waals surface area contributed by atoms with Crippen molar-refractivity contribution in [3.8, 4) is 0 Å². The average molecular weight is 243 g/mol. The van der Waals surface area contributed by atoms with E-state index in [1.807, 2.05) is 30.0 Å². The highest BCUT2D eigenvalue weighted by Crippen LogP contribution is 2.23. The van der Waals surface area contributed by atoms with E-state index in [4.69, 9.17) is 4.74 Å². The van der Waals surface area contributed by atoms with Crippen LogP contribution >= 0.6 is 11.8 Å². The zero-order chi connectivity index (χ0) is 11.8. The van der Waals surface area contributed by atoms with Crippen molar-refractivity contribution in [3.63, 3.8) is 0 Å². The van der Waals surface area contributed by atoms with Crippen molar-refractivity contribution in [2.45, 2.75) is 25.2 Å². The summed E-state index contributed by atoms with van der Waals surface area (Å²) in [6, 6.07) is 0. The Morgan fingerprint density at radius 3 is 3.00 bits per heavy atom. The van der Waals surface area contributed by atoms with E-state index in [1.54, 1.807) is 13.3 Å². The van der Waals surface area contributed by atoms with Gasteiger partial charge in [0.2, 0.25) is 0 Å². The van der Waals surface area contributed by atoms with E-state index in [2.05, 4.69) is 16.2 Å². The van der Waals surface area contributed by atoms with Gasteiger partial charge in [-0.15, -0.1) is 0 Å². The summed E-state index contributed by atoms with van der Waals surface area (Å²) in [5, 5.41) is 0. The molecule has 5 heteroatoms. The maximum Gasteiger partial charge on any atom is 0.131 e. The first-order chi connectivity index (χ1) is 7.77. The molecule has 2 atom stereocenters. The summed E-state index contributed by atoms with van der Waals surface area (Å²) < 4.78 is 5.90. The van der Waals surface area contributed by atoms with E-state index in [1.165, 1.54) is 0 Å². The summed E-state index contributed by atoms with van der Waals surface area (Å²) in [6.07, 6.45) is 8.60. The summed E-state index contributed by atoms with van der Waals surface area (Å²) in [5.74, 6) is 1.09. The van der Waals surface area contributed by atoms with Crippen molar-refractivity contribution in [3.05, 3.63) is 0 Å². The number of nitrogens with zero attached hydrogens (tertiary/aromatic N) is 3. The minimum atomic E-state index is 0.194. The Labute approximate surface area is 102 Å². The van der Waals surface area contributed by atoms with Gasteiger partial charge in [-0.25, -0.2) is 0 Å². The van der Waals surface area contributed by atoms with Gasteiger partial charge in [0, 0.05) is 26.1 Å². The van der Waals surface area contributed by atoms with Crippen LogP contribution in [0.25, 0.3) is 0 Å². The Kier molecular flexibility index (Phi) is 6.49. The quantitative estimate of drug-likeness (QED) is 0.524. The van der Waals surface area contributed by atoms with Crippen molar-refractivity contribution in [2.24, 2.45) is 9.98 Å². The van der Waals surface area contributed by atoms with Crippen molar-refractivity contribution in [2.75, 3.05) is 32.6 Å². The lowest BCUT2D eigenvalue weighted by Crippen LogP contribution is -2.31. The predicted molar refractivity (Wildman–Crippen MR) is 71.8 cm³/mol. The van der Waals surface area contributed by atoms with Gasteiger partial charge in [0.15, 0.2) is 0 Å². The second-order valence-electron chi connectivity index (χ2n) is 3.83. The van der Waals surface area contributed by atoms with Crippen LogP contribution in [0.1, 0.15) is 12.8 Å². The maximum atomic E-state index is 5.90. The molecule has 1 heterocycles. The molecule has 1 saturated heterocycles. The summed E-state index contributed by atoms with van der Waals surface area (Å²) in [5.41, 5.74) is 0. The van der Waals surface area contributed by atoms with E-state index in [-0.39, 0.29) is 6.23 Å². The topological polar surface area (TPSA) is 37.2 Å². The van der Waals surface area contributed by atoms with E-state index >= 15 is 0 Å². The van der Waals surface area contributed by atoms with Crippen LogP contribution in [0.5, 0.6) is 0 Å². The Hall–Kier alpha value is -0.550. The molecular weight excluding hydrogens is 222 g/mol. The molecule has 0 amide bonds. The normalized spacial score (nSPS) is 25.9. The van der Waals surface area contributed by atoms with Gasteiger partial charge < -0.3 is 9.64 Å². The summed E-state index contributed by atoms with van der Waals surface area (Å²) in [6.45, 7) is 0.641. The lowest BCUT2D eigenvalue weighted by Gasteiger charge is -2.21. The van der Waals surface area contributed by atoms with Crippen LogP contribution in [0, 0.1) is 0 Å². The highest BCUT2D eigenvalue weighted by molar-refractivity contribution is 7.98. The minimum absolute atomic E-state index is 0.194. The van der Waals surface area contributed by atoms with Crippen molar-refractivity contribution in [1.82, 2.24) is 4.90 Å². The van der Waals surface area contributed by atoms with Gasteiger partial charge in [-0.05, 0) is 19.1 Å². The van der Waals surface area contributed by atoms with E-state index in [0.717, 1.165) is 18.6 Å². The van der Waals surface area contributed by atoms with Crippen LogP contribution in [0.15, 0.2) is 9.98 Å². The Bertz CT molecular complexity index is 245. The molecule has 92 valence electrons. The third-order valence-electron chi connectivity index (χ3n) is 2.53. The molecule has 0 bridgehead atoms. The summed E-state index contributed by atoms with van der Waals surface area (Å²) in [7, 11) is 3.77. The predicted octanol–water partition coefficient (Wildman–Crippen LogP) is 1.52. The highest BCUT2D eigenvalue weighted by atomic mass is 32.2. The average Bonchev–Trinajstić information content (AvgIpc) is 2.73. The fourth-order valence-corrected chi connectivity index (χ4v) is 2.29. The first-order valence-corrected chi connectivity index (χ1v) is 6.94. The van der Waals surface area contributed by atoms with Gasteiger partial charge in [-0.2, -0.15) is 11.8 Å². The Morgan fingerprint density at radius 1 is 1.50 bits per heavy atom. The van der Waals surface area contributed by atoms with Gasteiger partial charge >= 0.3 is 0 Å². The van der Waals surface area contributed by atoms with Crippen LogP contribution in [0.3, 0.4) is 0 Å². The Morgan fingerprint density at radius 2 is 2.31 bits per heavy atom. The first-order valence-electron chi connectivity index (χ1n) is 5.54. The second-order valence-corrected chi connectivity index (χ2v) is 4.74. The standard InChI is InChI=1S/C11H21N3OS/c1-12-6-7-13-9-14(2)11-5-4-10(15-11)8-16-3/h6,9-11H,4-5,7-8H2,1-3H3. The summed E-state index contributed by atoms with van der Waals surface area (Å²) >= 11 is 1.84. The number of ether oxygens (including phenoxy) is 1. The number of thioether (sulfide) groups is 1. The van der Waals surface area contributed by atoms with Crippen LogP contribution in [-0.2, 0) is 4.74 Å². The highest BCUT2D eigenvalue weighted by Gasteiger charge is 2.26. The third-order valence-corrected chi connectivity index (χ3v) is 3.23. The SMILES string of the molecule is CN=CCN=CN(C)C1CCC(CSC)O1. The van der Waals surface area contributed by atoms with Gasteiger partial charge in [0.1, 0.15) is 6.23 Å². The van der Waals surface area contributed by atoms with Crippen molar-refractivity contribution >= 4 is 24.3 Å². The molecule has 1 rings (SSSR count). The molecule has 0 aromatic rings. The molecule has 1 fully saturated rings. The van der Waals surface area contributed by atoms with Crippen molar-refractivity contribution in [1.29, 1.82) is 0 Å². The lowest BCUT2D eigenvalue weighted by molar-refractivity contribution is -0.00264. The Balaban J connectivity index is 2.27. The molecule has 1 aliphatic rings. The minimum Gasteiger partial charge on any atom is -0.354 e. The zero-order valence-corrected chi connectivity index (χ0v) is 11.1. The van der Waals surface area contributed by atoms with Crippen LogP contribution in [0.4, 0.5) is 0 Å². The van der Waals surface area contributed by atoms with Gasteiger partial charge in [-0.1, -0.05) is 0 Å². The van der Waals surface area contributed by atoms with Gasteiger partial charge in [-0.3, -0.25) is 9.98 Å². The molecule has 2 unspecified atom stereocenters. The van der Waals surface area contributed by atoms with Crippen LogP contribution in [-0.4, -0.2) is 62.4 Å². The third kappa shape index (κ3) is 4.53. The second kappa shape index (κ2) is 7.68. The van der Waals surface area contributed by atoms with E-state index in [9.17, 15) is 0 Å². The molecule has 0 spiro atoms. The van der Waals surface area contributed by atoms with Crippen LogP contribution in [0.2, 0.25) is 0 Å². The fourth-order valence-electron chi connectivity index (χ4n) is 1.67. The fraction of sp³-hybridized carbons (Fsp3) is 0.818. The lowest BCUT2D eigenvalue weighted by atomic mass is 10.2. The molecule has 0 saturated carbocycles. The zero-order valence-electron chi connectivity index (χ0n) is 10.3. The number of aliphatic imine (C=N–C) groups is 2. The molecule has 0 aromatic carbocycles. The van der Waals surface area contributed by atoms with Gasteiger partial charge in [0.05, 0.1) is 19.0 Å². The van der Waals surface area contributed by atoms with Crippen molar-refractivity contribution < 1.29 is 4.74 Å². The molecule has 0 aromatic heterocycles. The molecule has 16 heavy (non-hydrogen) atoms. The number of rotatable bonds is 6.